The van der Waals surface area contributed by atoms with E-state index in [9.17, 15) is 5.11 Å². The van der Waals surface area contributed by atoms with Gasteiger partial charge in [-0.05, 0) is 131 Å². The maximum Gasteiger partial charge on any atom is 0.178 e. The molecule has 1 spiro atoms. The van der Waals surface area contributed by atoms with Crippen molar-refractivity contribution in [1.29, 1.82) is 0 Å². The Balaban J connectivity index is 1.33. The minimum Gasteiger partial charge on any atom is -0.497 e. The van der Waals surface area contributed by atoms with Gasteiger partial charge in [0.05, 0.1) is 27.9 Å². The van der Waals surface area contributed by atoms with E-state index < -0.39 is 5.60 Å². The van der Waals surface area contributed by atoms with Gasteiger partial charge in [-0.25, -0.2) is 0 Å². The van der Waals surface area contributed by atoms with Crippen LogP contribution >= 0.6 is 0 Å². The van der Waals surface area contributed by atoms with Gasteiger partial charge in [-0.15, -0.1) is 0 Å². The maximum atomic E-state index is 9.44. The van der Waals surface area contributed by atoms with Gasteiger partial charge in [-0.2, -0.15) is 0 Å². The van der Waals surface area contributed by atoms with Gasteiger partial charge in [-0.3, -0.25) is 0 Å². The highest BCUT2D eigenvalue weighted by molar-refractivity contribution is 6.10. The van der Waals surface area contributed by atoms with Crippen LogP contribution in [-0.4, -0.2) is 39.6 Å². The van der Waals surface area contributed by atoms with E-state index in [1.165, 1.54) is 71.9 Å². The quantitative estimate of drug-likeness (QED) is 0.125. The highest BCUT2D eigenvalue weighted by Crippen LogP contribution is 2.65. The number of aliphatic hydroxyl groups excluding tert-OH is 1. The predicted octanol–water partition coefficient (Wildman–Crippen LogP) is 12.7. The molecule has 1 fully saturated rings. The van der Waals surface area contributed by atoms with Gasteiger partial charge < -0.3 is 28.8 Å². The lowest BCUT2D eigenvalue weighted by Gasteiger charge is -2.47. The van der Waals surface area contributed by atoms with E-state index in [1.54, 1.807) is 21.3 Å². The van der Waals surface area contributed by atoms with Crippen LogP contribution in [0.4, 0.5) is 0 Å². The molecule has 6 aromatic rings. The Morgan fingerprint density at radius 2 is 1.28 bits per heavy atom. The third-order valence-electron chi connectivity index (χ3n) is 13.8. The van der Waals surface area contributed by atoms with Crippen LogP contribution < -0.4 is 23.7 Å². The zero-order valence-corrected chi connectivity index (χ0v) is 35.6. The first kappa shape index (κ1) is 39.7. The topological polar surface area (TPSA) is 66.4 Å². The van der Waals surface area contributed by atoms with Crippen LogP contribution in [-0.2, 0) is 11.0 Å². The lowest BCUT2D eigenvalue weighted by molar-refractivity contribution is 0.118. The molecule has 1 atom stereocenters. The molecule has 6 nitrogen and oxygen atoms in total. The van der Waals surface area contributed by atoms with Crippen LogP contribution in [0.2, 0.25) is 0 Å². The van der Waals surface area contributed by atoms with E-state index in [2.05, 4.69) is 111 Å². The Morgan fingerprint density at radius 3 is 1.88 bits per heavy atom. The van der Waals surface area contributed by atoms with Crippen molar-refractivity contribution < 1.29 is 28.8 Å². The second-order valence-corrected chi connectivity index (χ2v) is 17.0. The maximum absolute atomic E-state index is 9.44. The number of ether oxygens (including phenoxy) is 5. The van der Waals surface area contributed by atoms with Crippen LogP contribution in [0, 0.1) is 5.41 Å². The first-order valence-corrected chi connectivity index (χ1v) is 21.7. The predicted molar refractivity (Wildman–Crippen MR) is 242 cm³/mol. The molecular formula is C54H56O6. The van der Waals surface area contributed by atoms with E-state index >= 15 is 0 Å². The highest BCUT2D eigenvalue weighted by atomic mass is 16.5. The van der Waals surface area contributed by atoms with Crippen LogP contribution in [0.15, 0.2) is 115 Å². The third-order valence-corrected chi connectivity index (χ3v) is 13.8. The molecule has 1 heterocycles. The molecule has 3 aliphatic rings. The minimum absolute atomic E-state index is 0.0526. The summed E-state index contributed by atoms with van der Waals surface area (Å²) < 4.78 is 31.2. The molecule has 0 radical (unpaired) electrons. The molecule has 2 aliphatic carbocycles. The van der Waals surface area contributed by atoms with Gasteiger partial charge in [0.15, 0.2) is 17.1 Å². The van der Waals surface area contributed by atoms with Gasteiger partial charge in [0.2, 0.25) is 0 Å². The van der Waals surface area contributed by atoms with Crippen molar-refractivity contribution in [2.75, 3.05) is 34.5 Å². The second kappa shape index (κ2) is 16.0. The molecule has 1 aliphatic heterocycles. The number of rotatable bonds is 13. The van der Waals surface area contributed by atoms with E-state index in [4.69, 9.17) is 23.7 Å². The monoisotopic (exact) mass is 800 g/mol. The molecule has 0 bridgehead atoms. The fourth-order valence-electron chi connectivity index (χ4n) is 11.0. The Bertz CT molecular complexity index is 2520. The van der Waals surface area contributed by atoms with Crippen LogP contribution in [0.25, 0.3) is 39.1 Å². The standard InChI is InChI=1S/C54H56O6/c1-6-24-52(25-7-2)27-29-53(30-28-52)46-33-37(36-11-9-8-10-12-36)13-22-42(46)49-44-34-47(57-4)48(58-5)35-45(44)51-43(50(49)53)23-26-54(60-51,38-14-18-40(56-3)19-15-38)39-16-20-41(21-17-39)59-32-31-55/h8-23,26,33-35,55H,6-7,24-25,27-32H2,1-5H3. The summed E-state index contributed by atoms with van der Waals surface area (Å²) in [4.78, 5) is 0. The van der Waals surface area contributed by atoms with Crippen molar-refractivity contribution >= 4 is 16.8 Å². The van der Waals surface area contributed by atoms with Crippen LogP contribution in [0.3, 0.4) is 0 Å². The average molecular weight is 801 g/mol. The normalized spacial score (nSPS) is 18.0. The van der Waals surface area contributed by atoms with Crippen LogP contribution in [0.5, 0.6) is 28.7 Å². The molecule has 0 aromatic heterocycles. The molecule has 1 N–H and O–H groups in total. The molecular weight excluding hydrogens is 745 g/mol. The highest BCUT2D eigenvalue weighted by Gasteiger charge is 2.52. The summed E-state index contributed by atoms with van der Waals surface area (Å²) in [5, 5.41) is 11.5. The third kappa shape index (κ3) is 6.42. The molecule has 60 heavy (non-hydrogen) atoms. The van der Waals surface area contributed by atoms with Crippen molar-refractivity contribution in [3.05, 3.63) is 143 Å². The summed E-state index contributed by atoms with van der Waals surface area (Å²) in [5.74, 6) is 3.64. The molecule has 1 saturated carbocycles. The summed E-state index contributed by atoms with van der Waals surface area (Å²) in [6, 6.07) is 38.5. The fourth-order valence-corrected chi connectivity index (χ4v) is 11.0. The lowest BCUT2D eigenvalue weighted by atomic mass is 9.57. The van der Waals surface area contributed by atoms with Crippen molar-refractivity contribution in [3.8, 4) is 51.0 Å². The summed E-state index contributed by atoms with van der Waals surface area (Å²) in [5.41, 5.74) is 10.0. The summed E-state index contributed by atoms with van der Waals surface area (Å²) in [7, 11) is 5.10. The number of aliphatic hydroxyl groups is 1. The Hall–Kier alpha value is -5.72. The average Bonchev–Trinajstić information content (AvgIpc) is 3.58. The van der Waals surface area contributed by atoms with E-state index in [1.807, 2.05) is 24.3 Å². The Morgan fingerprint density at radius 1 is 0.650 bits per heavy atom. The molecule has 9 rings (SSSR count). The zero-order chi connectivity index (χ0) is 41.5. The largest absolute Gasteiger partial charge is 0.497 e. The summed E-state index contributed by atoms with van der Waals surface area (Å²) in [6.07, 6.45) is 14.1. The molecule has 6 heteroatoms. The van der Waals surface area contributed by atoms with Crippen molar-refractivity contribution in [2.24, 2.45) is 5.41 Å². The van der Waals surface area contributed by atoms with E-state index in [-0.39, 0.29) is 18.6 Å². The molecule has 0 saturated heterocycles. The van der Waals surface area contributed by atoms with Gasteiger partial charge in [0, 0.05) is 27.5 Å². The first-order valence-electron chi connectivity index (χ1n) is 21.7. The molecule has 1 unspecified atom stereocenters. The first-order chi connectivity index (χ1) is 29.4. The SMILES string of the molecule is CCCC1(CCC)CCC2(CC1)c1cc(-c3ccccc3)ccc1-c1c2c2c(c3cc(OC)c(OC)cc13)OC(c1ccc(OC)cc1)(c1ccc(OCCO)cc1)C=C2. The van der Waals surface area contributed by atoms with E-state index in [0.29, 0.717) is 22.7 Å². The lowest BCUT2D eigenvalue weighted by Crippen LogP contribution is -2.38. The smallest absolute Gasteiger partial charge is 0.178 e. The number of hydrogen-bond acceptors (Lipinski definition) is 6. The number of benzene rings is 6. The molecule has 6 aromatic carbocycles. The van der Waals surface area contributed by atoms with Gasteiger partial charge >= 0.3 is 0 Å². The summed E-state index contributed by atoms with van der Waals surface area (Å²) >= 11 is 0. The molecule has 0 amide bonds. The van der Waals surface area contributed by atoms with Crippen molar-refractivity contribution in [3.63, 3.8) is 0 Å². The second-order valence-electron chi connectivity index (χ2n) is 17.0. The number of methoxy groups -OCH3 is 3. The number of fused-ring (bicyclic) bond motifs is 10. The van der Waals surface area contributed by atoms with E-state index in [0.717, 1.165) is 51.8 Å². The number of hydrogen-bond donors (Lipinski definition) is 1. The zero-order valence-electron chi connectivity index (χ0n) is 35.6. The Labute approximate surface area is 354 Å². The van der Waals surface area contributed by atoms with Gasteiger partial charge in [-0.1, -0.05) is 99.5 Å². The summed E-state index contributed by atoms with van der Waals surface area (Å²) in [6.45, 7) is 4.88. The Kier molecular flexibility index (Phi) is 10.6. The van der Waals surface area contributed by atoms with Crippen molar-refractivity contribution in [2.45, 2.75) is 76.2 Å². The van der Waals surface area contributed by atoms with Crippen LogP contribution in [0.1, 0.15) is 93.0 Å². The van der Waals surface area contributed by atoms with Gasteiger partial charge in [0.1, 0.15) is 23.9 Å². The fraction of sp³-hybridized carbons (Fsp3) is 0.333. The van der Waals surface area contributed by atoms with Crippen molar-refractivity contribution in [1.82, 2.24) is 0 Å². The molecule has 308 valence electrons. The minimum atomic E-state index is -0.994. The van der Waals surface area contributed by atoms with Gasteiger partial charge in [0.25, 0.3) is 0 Å².